The average Bonchev–Trinajstić information content (AvgIpc) is 2.45. The van der Waals surface area contributed by atoms with Gasteiger partial charge in [0, 0.05) is 32.4 Å². The summed E-state index contributed by atoms with van der Waals surface area (Å²) in [7, 11) is 0. The third-order valence-electron chi connectivity index (χ3n) is 2.92. The van der Waals surface area contributed by atoms with Gasteiger partial charge in [0.1, 0.15) is 11.5 Å². The van der Waals surface area contributed by atoms with Gasteiger partial charge in [-0.05, 0) is 26.0 Å². The number of rotatable bonds is 9. The highest BCUT2D eigenvalue weighted by Crippen LogP contribution is 2.23. The van der Waals surface area contributed by atoms with Gasteiger partial charge in [-0.3, -0.25) is 4.79 Å². The number of amides is 1. The Kier molecular flexibility index (Phi) is 7.56. The number of phenols is 2. The number of aromatic hydroxyl groups is 2. The van der Waals surface area contributed by atoms with Crippen molar-refractivity contribution in [1.82, 2.24) is 4.90 Å². The predicted octanol–water partition coefficient (Wildman–Crippen LogP) is 1.61. The van der Waals surface area contributed by atoms with Crippen LogP contribution in [0, 0.1) is 0 Å². The largest absolute Gasteiger partial charge is 0.508 e. The molecule has 0 bridgehead atoms. The van der Waals surface area contributed by atoms with Crippen molar-refractivity contribution < 1.29 is 24.5 Å². The standard InChI is InChI=1S/C15H23NO5/c1-3-20-9-7-16(8-10-21-4-2)15(19)13-6-5-12(17)11-14(13)18/h5-6,11,17-18H,3-4,7-10H2,1-2H3. The van der Waals surface area contributed by atoms with Crippen LogP contribution in [0.2, 0.25) is 0 Å². The maximum Gasteiger partial charge on any atom is 0.257 e. The second-order valence-corrected chi connectivity index (χ2v) is 4.39. The van der Waals surface area contributed by atoms with Crippen molar-refractivity contribution >= 4 is 5.91 Å². The van der Waals surface area contributed by atoms with E-state index in [0.29, 0.717) is 39.5 Å². The summed E-state index contributed by atoms with van der Waals surface area (Å²) in [6.45, 7) is 6.62. The second kappa shape index (κ2) is 9.20. The summed E-state index contributed by atoms with van der Waals surface area (Å²) in [4.78, 5) is 14.0. The van der Waals surface area contributed by atoms with Crippen LogP contribution in [-0.2, 0) is 9.47 Å². The number of nitrogens with zero attached hydrogens (tertiary/aromatic N) is 1. The molecule has 6 heteroatoms. The van der Waals surface area contributed by atoms with Gasteiger partial charge in [-0.1, -0.05) is 0 Å². The molecule has 1 aromatic rings. The van der Waals surface area contributed by atoms with E-state index in [1.807, 2.05) is 13.8 Å². The molecule has 0 fully saturated rings. The number of hydrogen-bond donors (Lipinski definition) is 2. The number of ether oxygens (including phenoxy) is 2. The van der Waals surface area contributed by atoms with Crippen molar-refractivity contribution in [3.63, 3.8) is 0 Å². The number of hydrogen-bond acceptors (Lipinski definition) is 5. The first-order valence-electron chi connectivity index (χ1n) is 7.06. The van der Waals surface area contributed by atoms with Crippen molar-refractivity contribution in [2.24, 2.45) is 0 Å². The SMILES string of the molecule is CCOCCN(CCOCC)C(=O)c1ccc(O)cc1O. The molecular formula is C15H23NO5. The van der Waals surface area contributed by atoms with Crippen molar-refractivity contribution in [3.05, 3.63) is 23.8 Å². The van der Waals surface area contributed by atoms with E-state index in [1.165, 1.54) is 12.1 Å². The molecular weight excluding hydrogens is 274 g/mol. The molecule has 21 heavy (non-hydrogen) atoms. The van der Waals surface area contributed by atoms with Crippen LogP contribution in [0.1, 0.15) is 24.2 Å². The molecule has 0 aromatic heterocycles. The summed E-state index contributed by atoms with van der Waals surface area (Å²) < 4.78 is 10.5. The second-order valence-electron chi connectivity index (χ2n) is 4.39. The van der Waals surface area contributed by atoms with Gasteiger partial charge in [-0.15, -0.1) is 0 Å². The Balaban J connectivity index is 2.76. The zero-order valence-corrected chi connectivity index (χ0v) is 12.5. The minimum absolute atomic E-state index is 0.0840. The van der Waals surface area contributed by atoms with Crippen LogP contribution in [0.15, 0.2) is 18.2 Å². The van der Waals surface area contributed by atoms with Crippen molar-refractivity contribution in [2.75, 3.05) is 39.5 Å². The van der Waals surface area contributed by atoms with Gasteiger partial charge >= 0.3 is 0 Å². The minimum atomic E-state index is -0.313. The van der Waals surface area contributed by atoms with E-state index in [-0.39, 0.29) is 23.0 Å². The number of benzene rings is 1. The van der Waals surface area contributed by atoms with Crippen LogP contribution in [0.25, 0.3) is 0 Å². The van der Waals surface area contributed by atoms with E-state index in [0.717, 1.165) is 6.07 Å². The third-order valence-corrected chi connectivity index (χ3v) is 2.92. The van der Waals surface area contributed by atoms with Crippen LogP contribution < -0.4 is 0 Å². The quantitative estimate of drug-likeness (QED) is 0.677. The zero-order valence-electron chi connectivity index (χ0n) is 12.5. The van der Waals surface area contributed by atoms with Gasteiger partial charge in [0.2, 0.25) is 0 Å². The average molecular weight is 297 g/mol. The highest BCUT2D eigenvalue weighted by Gasteiger charge is 2.19. The molecule has 2 N–H and O–H groups in total. The summed E-state index contributed by atoms with van der Waals surface area (Å²) in [5, 5.41) is 19.1. The van der Waals surface area contributed by atoms with Crippen LogP contribution in [0.5, 0.6) is 11.5 Å². The zero-order chi connectivity index (χ0) is 15.7. The molecule has 1 aromatic carbocycles. The monoisotopic (exact) mass is 297 g/mol. The molecule has 0 aliphatic rings. The predicted molar refractivity (Wildman–Crippen MR) is 78.7 cm³/mol. The fourth-order valence-corrected chi connectivity index (χ4v) is 1.82. The molecule has 118 valence electrons. The highest BCUT2D eigenvalue weighted by atomic mass is 16.5. The first kappa shape index (κ1) is 17.3. The van der Waals surface area contributed by atoms with E-state index < -0.39 is 0 Å². The topological polar surface area (TPSA) is 79.2 Å². The van der Waals surface area contributed by atoms with E-state index in [2.05, 4.69) is 0 Å². The molecule has 0 atom stereocenters. The molecule has 0 saturated carbocycles. The van der Waals surface area contributed by atoms with Gasteiger partial charge in [0.25, 0.3) is 5.91 Å². The maximum atomic E-state index is 12.4. The van der Waals surface area contributed by atoms with Crippen molar-refractivity contribution in [1.29, 1.82) is 0 Å². The Morgan fingerprint density at radius 1 is 1.10 bits per heavy atom. The first-order valence-corrected chi connectivity index (χ1v) is 7.06. The minimum Gasteiger partial charge on any atom is -0.508 e. The van der Waals surface area contributed by atoms with Crippen LogP contribution in [0.4, 0.5) is 0 Å². The summed E-state index contributed by atoms with van der Waals surface area (Å²) in [6.07, 6.45) is 0. The van der Waals surface area contributed by atoms with Gasteiger partial charge in [0.05, 0.1) is 18.8 Å². The van der Waals surface area contributed by atoms with Gasteiger partial charge < -0.3 is 24.6 Å². The molecule has 0 aliphatic carbocycles. The van der Waals surface area contributed by atoms with Crippen LogP contribution >= 0.6 is 0 Å². The summed E-state index contributed by atoms with van der Waals surface area (Å²) in [6, 6.07) is 3.92. The Morgan fingerprint density at radius 2 is 1.67 bits per heavy atom. The lowest BCUT2D eigenvalue weighted by molar-refractivity contribution is 0.0547. The lowest BCUT2D eigenvalue weighted by atomic mass is 10.1. The van der Waals surface area contributed by atoms with Gasteiger partial charge in [-0.25, -0.2) is 0 Å². The maximum absolute atomic E-state index is 12.4. The van der Waals surface area contributed by atoms with Crippen molar-refractivity contribution in [3.8, 4) is 11.5 Å². The molecule has 0 aliphatic heterocycles. The van der Waals surface area contributed by atoms with Gasteiger partial charge in [-0.2, -0.15) is 0 Å². The Labute approximate surface area is 124 Å². The van der Waals surface area contributed by atoms with Crippen LogP contribution in [0.3, 0.4) is 0 Å². The molecule has 0 heterocycles. The normalized spacial score (nSPS) is 10.6. The van der Waals surface area contributed by atoms with E-state index in [1.54, 1.807) is 4.90 Å². The molecule has 0 unspecified atom stereocenters. The van der Waals surface area contributed by atoms with Crippen LogP contribution in [-0.4, -0.2) is 60.5 Å². The van der Waals surface area contributed by atoms with E-state index in [9.17, 15) is 15.0 Å². The summed E-state index contributed by atoms with van der Waals surface area (Å²) in [5.74, 6) is -0.635. The highest BCUT2D eigenvalue weighted by molar-refractivity contribution is 5.97. The Bertz CT molecular complexity index is 440. The lowest BCUT2D eigenvalue weighted by Gasteiger charge is -2.23. The first-order chi connectivity index (χ1) is 10.1. The summed E-state index contributed by atoms with van der Waals surface area (Å²) >= 11 is 0. The molecule has 6 nitrogen and oxygen atoms in total. The number of carbonyl (C=O) groups is 1. The summed E-state index contributed by atoms with van der Waals surface area (Å²) in [5.41, 5.74) is 0.154. The fourth-order valence-electron chi connectivity index (χ4n) is 1.82. The Hall–Kier alpha value is -1.79. The van der Waals surface area contributed by atoms with E-state index >= 15 is 0 Å². The Morgan fingerprint density at radius 3 is 2.14 bits per heavy atom. The van der Waals surface area contributed by atoms with Gasteiger partial charge in [0.15, 0.2) is 0 Å². The smallest absolute Gasteiger partial charge is 0.257 e. The molecule has 0 spiro atoms. The molecule has 0 saturated heterocycles. The molecule has 1 amide bonds. The van der Waals surface area contributed by atoms with Crippen molar-refractivity contribution in [2.45, 2.75) is 13.8 Å². The number of phenolic OH excluding ortho intramolecular Hbond substituents is 2. The number of carbonyl (C=O) groups excluding carboxylic acids is 1. The lowest BCUT2D eigenvalue weighted by Crippen LogP contribution is -2.36. The third kappa shape index (κ3) is 5.61. The van der Waals surface area contributed by atoms with E-state index in [4.69, 9.17) is 9.47 Å². The molecule has 0 radical (unpaired) electrons. The fraction of sp³-hybridized carbons (Fsp3) is 0.533. The molecule has 1 rings (SSSR count).